The molecule has 64 valence electrons. The van der Waals surface area contributed by atoms with Crippen molar-refractivity contribution in [2.45, 2.75) is 20.3 Å². The van der Waals surface area contributed by atoms with Crippen LogP contribution in [-0.2, 0) is 4.79 Å². The standard InChI is InChI=1S/C10H12O2/c1-3-10(11)8(2)7-9-5-4-6-12-9/h4-7H,3H2,1-2H3. The maximum atomic E-state index is 11.1. The zero-order valence-electron chi connectivity index (χ0n) is 7.33. The van der Waals surface area contributed by atoms with Crippen LogP contribution in [0.3, 0.4) is 0 Å². The first kappa shape index (κ1) is 8.78. The summed E-state index contributed by atoms with van der Waals surface area (Å²) in [5, 5.41) is 0. The van der Waals surface area contributed by atoms with E-state index < -0.39 is 0 Å². The molecule has 0 saturated heterocycles. The third-order valence-corrected chi connectivity index (χ3v) is 1.66. The van der Waals surface area contributed by atoms with Gasteiger partial charge in [-0.05, 0) is 30.7 Å². The van der Waals surface area contributed by atoms with Gasteiger partial charge in [0.15, 0.2) is 5.78 Å². The number of hydrogen-bond acceptors (Lipinski definition) is 2. The zero-order chi connectivity index (χ0) is 8.97. The average Bonchev–Trinajstić information content (AvgIpc) is 2.55. The van der Waals surface area contributed by atoms with E-state index in [9.17, 15) is 4.79 Å². The fraction of sp³-hybridized carbons (Fsp3) is 0.300. The van der Waals surface area contributed by atoms with Gasteiger partial charge in [0.2, 0.25) is 0 Å². The van der Waals surface area contributed by atoms with Gasteiger partial charge in [0.05, 0.1) is 6.26 Å². The smallest absolute Gasteiger partial charge is 0.158 e. The molecular weight excluding hydrogens is 152 g/mol. The molecule has 0 N–H and O–H groups in total. The number of Topliss-reactive ketones (excluding diaryl/α,β-unsaturated/α-hetero) is 1. The predicted molar refractivity (Wildman–Crippen MR) is 47.7 cm³/mol. The van der Waals surface area contributed by atoms with Gasteiger partial charge in [-0.1, -0.05) is 6.92 Å². The third kappa shape index (κ3) is 2.09. The van der Waals surface area contributed by atoms with Crippen molar-refractivity contribution in [3.63, 3.8) is 0 Å². The molecule has 0 fully saturated rings. The highest BCUT2D eigenvalue weighted by atomic mass is 16.3. The van der Waals surface area contributed by atoms with Crippen LogP contribution in [0.25, 0.3) is 6.08 Å². The largest absolute Gasteiger partial charge is 0.465 e. The van der Waals surface area contributed by atoms with Gasteiger partial charge in [0.1, 0.15) is 5.76 Å². The Hall–Kier alpha value is -1.31. The molecule has 0 radical (unpaired) electrons. The molecule has 0 aliphatic carbocycles. The first-order chi connectivity index (χ1) is 5.74. The lowest BCUT2D eigenvalue weighted by Crippen LogP contribution is -1.95. The molecule has 0 bridgehead atoms. The minimum Gasteiger partial charge on any atom is -0.465 e. The fourth-order valence-electron chi connectivity index (χ4n) is 0.946. The minimum atomic E-state index is 0.159. The molecule has 0 amide bonds. The molecule has 0 aliphatic rings. The summed E-state index contributed by atoms with van der Waals surface area (Å²) in [6, 6.07) is 3.63. The van der Waals surface area contributed by atoms with Crippen LogP contribution in [0.4, 0.5) is 0 Å². The van der Waals surface area contributed by atoms with E-state index in [1.807, 2.05) is 13.0 Å². The Morgan fingerprint density at radius 2 is 2.42 bits per heavy atom. The van der Waals surface area contributed by atoms with Gasteiger partial charge < -0.3 is 4.42 Å². The molecule has 0 aliphatic heterocycles. The van der Waals surface area contributed by atoms with Crippen LogP contribution in [0.15, 0.2) is 28.4 Å². The summed E-state index contributed by atoms with van der Waals surface area (Å²) in [5.74, 6) is 0.890. The Morgan fingerprint density at radius 1 is 1.67 bits per heavy atom. The maximum Gasteiger partial charge on any atom is 0.158 e. The lowest BCUT2D eigenvalue weighted by atomic mass is 10.1. The van der Waals surface area contributed by atoms with Crippen LogP contribution in [0, 0.1) is 0 Å². The quantitative estimate of drug-likeness (QED) is 0.643. The molecule has 0 saturated carbocycles. The normalized spacial score (nSPS) is 11.7. The van der Waals surface area contributed by atoms with Crippen molar-refractivity contribution in [3.05, 3.63) is 29.7 Å². The van der Waals surface area contributed by atoms with E-state index in [1.165, 1.54) is 0 Å². The molecule has 2 heteroatoms. The predicted octanol–water partition coefficient (Wildman–Crippen LogP) is 2.66. The Labute approximate surface area is 71.9 Å². The van der Waals surface area contributed by atoms with Gasteiger partial charge in [-0.2, -0.15) is 0 Å². The van der Waals surface area contributed by atoms with Crippen LogP contribution < -0.4 is 0 Å². The van der Waals surface area contributed by atoms with Gasteiger partial charge in [-0.3, -0.25) is 4.79 Å². The van der Waals surface area contributed by atoms with Crippen molar-refractivity contribution in [1.29, 1.82) is 0 Å². The van der Waals surface area contributed by atoms with E-state index in [2.05, 4.69) is 0 Å². The number of carbonyl (C=O) groups excluding carboxylic acids is 1. The summed E-state index contributed by atoms with van der Waals surface area (Å²) >= 11 is 0. The molecule has 0 unspecified atom stereocenters. The van der Waals surface area contributed by atoms with E-state index in [0.717, 1.165) is 11.3 Å². The summed E-state index contributed by atoms with van der Waals surface area (Å²) in [5.41, 5.74) is 0.743. The van der Waals surface area contributed by atoms with Gasteiger partial charge >= 0.3 is 0 Å². The molecule has 2 nitrogen and oxygen atoms in total. The highest BCUT2D eigenvalue weighted by Gasteiger charge is 2.01. The number of hydrogen-bond donors (Lipinski definition) is 0. The molecule has 1 rings (SSSR count). The average molecular weight is 164 g/mol. The first-order valence-corrected chi connectivity index (χ1v) is 3.99. The van der Waals surface area contributed by atoms with Crippen molar-refractivity contribution < 1.29 is 9.21 Å². The molecule has 0 spiro atoms. The van der Waals surface area contributed by atoms with E-state index in [0.29, 0.717) is 6.42 Å². The Bertz CT molecular complexity index is 281. The summed E-state index contributed by atoms with van der Waals surface area (Å²) in [7, 11) is 0. The lowest BCUT2D eigenvalue weighted by molar-refractivity contribution is -0.115. The van der Waals surface area contributed by atoms with Crippen LogP contribution in [0.5, 0.6) is 0 Å². The fourth-order valence-corrected chi connectivity index (χ4v) is 0.946. The Kier molecular flexibility index (Phi) is 2.86. The molecule has 0 aromatic carbocycles. The SMILES string of the molecule is CCC(=O)C(C)=Cc1ccco1. The van der Waals surface area contributed by atoms with Crippen LogP contribution in [0.1, 0.15) is 26.0 Å². The van der Waals surface area contributed by atoms with Crippen molar-refractivity contribution in [2.75, 3.05) is 0 Å². The minimum absolute atomic E-state index is 0.159. The molecule has 1 aromatic rings. The highest BCUT2D eigenvalue weighted by molar-refractivity contribution is 5.98. The zero-order valence-corrected chi connectivity index (χ0v) is 7.33. The number of allylic oxidation sites excluding steroid dienone is 1. The second-order valence-corrected chi connectivity index (χ2v) is 2.62. The summed E-state index contributed by atoms with van der Waals surface area (Å²) in [6.45, 7) is 3.65. The number of carbonyl (C=O) groups is 1. The van der Waals surface area contributed by atoms with Crippen molar-refractivity contribution >= 4 is 11.9 Å². The molecule has 1 heterocycles. The molecule has 12 heavy (non-hydrogen) atoms. The van der Waals surface area contributed by atoms with Crippen LogP contribution in [-0.4, -0.2) is 5.78 Å². The van der Waals surface area contributed by atoms with Crippen LogP contribution in [0.2, 0.25) is 0 Å². The van der Waals surface area contributed by atoms with Gasteiger partial charge in [0, 0.05) is 6.42 Å². The molecule has 0 atom stereocenters. The van der Waals surface area contributed by atoms with E-state index >= 15 is 0 Å². The Balaban J connectivity index is 2.76. The second kappa shape index (κ2) is 3.90. The molecular formula is C10H12O2. The summed E-state index contributed by atoms with van der Waals surface area (Å²) in [6.07, 6.45) is 3.89. The summed E-state index contributed by atoms with van der Waals surface area (Å²) < 4.78 is 5.07. The number of rotatable bonds is 3. The van der Waals surface area contributed by atoms with Crippen molar-refractivity contribution in [3.8, 4) is 0 Å². The van der Waals surface area contributed by atoms with Gasteiger partial charge in [-0.25, -0.2) is 0 Å². The summed E-state index contributed by atoms with van der Waals surface area (Å²) in [4.78, 5) is 11.1. The van der Waals surface area contributed by atoms with Gasteiger partial charge in [-0.15, -0.1) is 0 Å². The van der Waals surface area contributed by atoms with E-state index in [4.69, 9.17) is 4.42 Å². The lowest BCUT2D eigenvalue weighted by Gasteiger charge is -1.94. The monoisotopic (exact) mass is 164 g/mol. The molecule has 1 aromatic heterocycles. The van der Waals surface area contributed by atoms with E-state index in [-0.39, 0.29) is 5.78 Å². The number of furan rings is 1. The first-order valence-electron chi connectivity index (χ1n) is 3.99. The van der Waals surface area contributed by atoms with Crippen LogP contribution >= 0.6 is 0 Å². The Morgan fingerprint density at radius 3 is 2.92 bits per heavy atom. The van der Waals surface area contributed by atoms with Gasteiger partial charge in [0.25, 0.3) is 0 Å². The van der Waals surface area contributed by atoms with E-state index in [1.54, 1.807) is 25.3 Å². The maximum absolute atomic E-state index is 11.1. The van der Waals surface area contributed by atoms with Crippen molar-refractivity contribution in [1.82, 2.24) is 0 Å². The second-order valence-electron chi connectivity index (χ2n) is 2.62. The van der Waals surface area contributed by atoms with Crippen molar-refractivity contribution in [2.24, 2.45) is 0 Å². The number of ketones is 1. The topological polar surface area (TPSA) is 30.2 Å². The highest BCUT2D eigenvalue weighted by Crippen LogP contribution is 2.08. The third-order valence-electron chi connectivity index (χ3n) is 1.66.